The van der Waals surface area contributed by atoms with Crippen molar-refractivity contribution in [2.45, 2.75) is 32.5 Å². The molecular formula is C13H17BrN4. The fraction of sp³-hybridized carbons (Fsp3) is 0.385. The van der Waals surface area contributed by atoms with E-state index in [1.807, 2.05) is 13.8 Å². The van der Waals surface area contributed by atoms with Crippen molar-refractivity contribution < 1.29 is 0 Å². The molecule has 0 aliphatic heterocycles. The fourth-order valence-corrected chi connectivity index (χ4v) is 1.75. The second kappa shape index (κ2) is 7.87. The van der Waals surface area contributed by atoms with Crippen LogP contribution >= 0.6 is 15.9 Å². The highest BCUT2D eigenvalue weighted by Crippen LogP contribution is 2.05. The Balaban J connectivity index is 0.000000184. The van der Waals surface area contributed by atoms with Crippen LogP contribution in [0.3, 0.4) is 0 Å². The van der Waals surface area contributed by atoms with Crippen molar-refractivity contribution in [1.29, 1.82) is 0 Å². The van der Waals surface area contributed by atoms with Gasteiger partial charge in [0.25, 0.3) is 0 Å². The van der Waals surface area contributed by atoms with E-state index in [0.29, 0.717) is 0 Å². The maximum absolute atomic E-state index is 4.18. The van der Waals surface area contributed by atoms with Crippen LogP contribution in [0.4, 0.5) is 0 Å². The standard InChI is InChI=1S/C7H9BrN2.C6H8N2/c1-2-6-7(5-8)10-4-3-9-6;1-5-6(2)8-4-3-7-5/h3-4H,2,5H2,1H3;3-4H,1-2H3. The normalized spacial score (nSPS) is 9.56. The van der Waals surface area contributed by atoms with Crippen LogP contribution in [0.25, 0.3) is 0 Å². The number of hydrogen-bond acceptors (Lipinski definition) is 4. The summed E-state index contributed by atoms with van der Waals surface area (Å²) >= 11 is 3.35. The molecular weight excluding hydrogens is 292 g/mol. The van der Waals surface area contributed by atoms with Crippen LogP contribution in [0.2, 0.25) is 0 Å². The molecule has 0 bridgehead atoms. The molecule has 2 rings (SSSR count). The quantitative estimate of drug-likeness (QED) is 0.800. The first-order chi connectivity index (χ1) is 8.69. The summed E-state index contributed by atoms with van der Waals surface area (Å²) in [5.41, 5.74) is 4.14. The van der Waals surface area contributed by atoms with E-state index in [0.717, 1.165) is 34.5 Å². The number of aromatic nitrogens is 4. The number of nitrogens with zero attached hydrogens (tertiary/aromatic N) is 4. The smallest absolute Gasteiger partial charge is 0.0724 e. The Hall–Kier alpha value is -1.36. The molecule has 0 spiro atoms. The maximum Gasteiger partial charge on any atom is 0.0724 e. The van der Waals surface area contributed by atoms with E-state index >= 15 is 0 Å². The van der Waals surface area contributed by atoms with E-state index in [1.54, 1.807) is 24.8 Å². The van der Waals surface area contributed by atoms with Gasteiger partial charge in [0.2, 0.25) is 0 Å². The number of alkyl halides is 1. The predicted molar refractivity (Wildman–Crippen MR) is 75.5 cm³/mol. The van der Waals surface area contributed by atoms with Gasteiger partial charge in [0, 0.05) is 30.1 Å². The first kappa shape index (κ1) is 14.7. The first-order valence-electron chi connectivity index (χ1n) is 5.78. The molecule has 0 atom stereocenters. The molecule has 0 fully saturated rings. The van der Waals surface area contributed by atoms with Crippen molar-refractivity contribution >= 4 is 15.9 Å². The van der Waals surface area contributed by atoms with Gasteiger partial charge in [0.05, 0.1) is 22.8 Å². The summed E-state index contributed by atoms with van der Waals surface area (Å²) in [7, 11) is 0. The third kappa shape index (κ3) is 4.49. The SMILES string of the molecule is CCc1nccnc1CBr.Cc1nccnc1C. The molecule has 2 aromatic rings. The molecule has 4 nitrogen and oxygen atoms in total. The summed E-state index contributed by atoms with van der Waals surface area (Å²) in [4.78, 5) is 16.4. The van der Waals surface area contributed by atoms with E-state index in [1.165, 1.54) is 0 Å². The minimum atomic E-state index is 0.796. The van der Waals surface area contributed by atoms with Crippen LogP contribution in [-0.4, -0.2) is 19.9 Å². The average Bonchev–Trinajstić information content (AvgIpc) is 2.42. The summed E-state index contributed by atoms with van der Waals surface area (Å²) in [5, 5.41) is 0.796. The lowest BCUT2D eigenvalue weighted by Crippen LogP contribution is -1.95. The van der Waals surface area contributed by atoms with Crippen molar-refractivity contribution in [2.24, 2.45) is 0 Å². The molecule has 18 heavy (non-hydrogen) atoms. The Kier molecular flexibility index (Phi) is 6.43. The lowest BCUT2D eigenvalue weighted by atomic mass is 10.3. The average molecular weight is 309 g/mol. The van der Waals surface area contributed by atoms with Gasteiger partial charge in [-0.15, -0.1) is 0 Å². The predicted octanol–water partition coefficient (Wildman–Crippen LogP) is 3.03. The Morgan fingerprint density at radius 2 is 1.28 bits per heavy atom. The molecule has 0 N–H and O–H groups in total. The summed E-state index contributed by atoms with van der Waals surface area (Å²) in [5.74, 6) is 0. The van der Waals surface area contributed by atoms with Crippen molar-refractivity contribution in [2.75, 3.05) is 0 Å². The van der Waals surface area contributed by atoms with E-state index in [9.17, 15) is 0 Å². The van der Waals surface area contributed by atoms with E-state index < -0.39 is 0 Å². The fourth-order valence-electron chi connectivity index (χ4n) is 1.28. The minimum Gasteiger partial charge on any atom is -0.258 e. The lowest BCUT2D eigenvalue weighted by Gasteiger charge is -1.99. The second-order valence-corrected chi connectivity index (χ2v) is 4.22. The number of halogens is 1. The van der Waals surface area contributed by atoms with Crippen molar-refractivity contribution in [3.05, 3.63) is 47.6 Å². The second-order valence-electron chi connectivity index (χ2n) is 3.66. The highest BCUT2D eigenvalue weighted by atomic mass is 79.9. The van der Waals surface area contributed by atoms with Gasteiger partial charge in [-0.1, -0.05) is 22.9 Å². The van der Waals surface area contributed by atoms with Gasteiger partial charge in [-0.2, -0.15) is 0 Å². The largest absolute Gasteiger partial charge is 0.258 e. The molecule has 0 saturated heterocycles. The number of hydrogen-bond donors (Lipinski definition) is 0. The van der Waals surface area contributed by atoms with E-state index in [4.69, 9.17) is 0 Å². The Morgan fingerprint density at radius 1 is 0.833 bits per heavy atom. The molecule has 0 aliphatic rings. The van der Waals surface area contributed by atoms with Crippen LogP contribution in [0, 0.1) is 13.8 Å². The van der Waals surface area contributed by atoms with Crippen LogP contribution in [0.5, 0.6) is 0 Å². The molecule has 0 aliphatic carbocycles. The zero-order valence-corrected chi connectivity index (χ0v) is 12.5. The number of rotatable bonds is 2. The Bertz CT molecular complexity index is 444. The van der Waals surface area contributed by atoms with Crippen molar-refractivity contribution in [1.82, 2.24) is 19.9 Å². The zero-order chi connectivity index (χ0) is 13.4. The molecule has 0 unspecified atom stereocenters. The Morgan fingerprint density at radius 3 is 1.61 bits per heavy atom. The molecule has 5 heteroatoms. The van der Waals surface area contributed by atoms with Gasteiger partial charge >= 0.3 is 0 Å². The van der Waals surface area contributed by atoms with Crippen LogP contribution in [0.1, 0.15) is 29.7 Å². The first-order valence-corrected chi connectivity index (χ1v) is 6.90. The topological polar surface area (TPSA) is 51.6 Å². The van der Waals surface area contributed by atoms with Gasteiger partial charge < -0.3 is 0 Å². The minimum absolute atomic E-state index is 0.796. The molecule has 0 radical (unpaired) electrons. The van der Waals surface area contributed by atoms with E-state index in [-0.39, 0.29) is 0 Å². The highest BCUT2D eigenvalue weighted by molar-refractivity contribution is 9.08. The van der Waals surface area contributed by atoms with Gasteiger partial charge in [-0.3, -0.25) is 19.9 Å². The molecule has 2 heterocycles. The molecule has 96 valence electrons. The van der Waals surface area contributed by atoms with Crippen LogP contribution in [-0.2, 0) is 11.8 Å². The maximum atomic E-state index is 4.18. The zero-order valence-electron chi connectivity index (χ0n) is 10.9. The van der Waals surface area contributed by atoms with Gasteiger partial charge in [0.15, 0.2) is 0 Å². The summed E-state index contributed by atoms with van der Waals surface area (Å²) in [6, 6.07) is 0. The monoisotopic (exact) mass is 308 g/mol. The Labute approximate surface area is 116 Å². The summed E-state index contributed by atoms with van der Waals surface area (Å²) < 4.78 is 0. The summed E-state index contributed by atoms with van der Waals surface area (Å²) in [6.07, 6.45) is 7.79. The van der Waals surface area contributed by atoms with Crippen LogP contribution in [0.15, 0.2) is 24.8 Å². The molecule has 0 saturated carbocycles. The van der Waals surface area contributed by atoms with Gasteiger partial charge in [-0.25, -0.2) is 0 Å². The van der Waals surface area contributed by atoms with Crippen molar-refractivity contribution in [3.63, 3.8) is 0 Å². The number of aryl methyl sites for hydroxylation is 3. The van der Waals surface area contributed by atoms with Crippen molar-refractivity contribution in [3.8, 4) is 0 Å². The third-order valence-electron chi connectivity index (χ3n) is 2.45. The third-order valence-corrected chi connectivity index (χ3v) is 2.98. The van der Waals surface area contributed by atoms with Crippen LogP contribution < -0.4 is 0 Å². The van der Waals surface area contributed by atoms with Gasteiger partial charge in [0.1, 0.15) is 0 Å². The molecule has 2 aromatic heterocycles. The molecule has 0 amide bonds. The van der Waals surface area contributed by atoms with Gasteiger partial charge in [-0.05, 0) is 20.3 Å². The summed E-state index contributed by atoms with van der Waals surface area (Å²) in [6.45, 7) is 5.97. The highest BCUT2D eigenvalue weighted by Gasteiger charge is 1.98. The van der Waals surface area contributed by atoms with E-state index in [2.05, 4.69) is 42.8 Å². The lowest BCUT2D eigenvalue weighted by molar-refractivity contribution is 0.952. The molecule has 0 aromatic carbocycles.